The lowest BCUT2D eigenvalue weighted by Crippen LogP contribution is -2.43. The van der Waals surface area contributed by atoms with E-state index >= 15 is 0 Å². The molecule has 2 aromatic carbocycles. The number of imide groups is 1. The van der Waals surface area contributed by atoms with Crippen molar-refractivity contribution in [2.24, 2.45) is 0 Å². The molecule has 0 aliphatic carbocycles. The molecular weight excluding hydrogens is 489 g/mol. The third-order valence-corrected chi connectivity index (χ3v) is 6.68. The number of benzene rings is 2. The maximum atomic E-state index is 13.6. The number of rotatable bonds is 7. The molecule has 1 atom stereocenters. The number of carbonyl (C=O) groups excluding carboxylic acids is 3. The summed E-state index contributed by atoms with van der Waals surface area (Å²) in [6, 6.07) is 7.62. The van der Waals surface area contributed by atoms with E-state index < -0.39 is 35.6 Å². The maximum absolute atomic E-state index is 13.6. The second-order valence-corrected chi connectivity index (χ2v) is 9.27. The van der Waals surface area contributed by atoms with Gasteiger partial charge >= 0.3 is 12.1 Å². The number of cyclic esters (lactones) is 1. The van der Waals surface area contributed by atoms with Gasteiger partial charge < -0.3 is 20.3 Å². The van der Waals surface area contributed by atoms with Crippen LogP contribution in [0.3, 0.4) is 0 Å². The highest BCUT2D eigenvalue weighted by molar-refractivity contribution is 5.92. The first kappa shape index (κ1) is 26.5. The highest BCUT2D eigenvalue weighted by atomic mass is 19.2. The van der Waals surface area contributed by atoms with Crippen LogP contribution in [0, 0.1) is 17.5 Å². The first-order valence-electron chi connectivity index (χ1n) is 12.2. The van der Waals surface area contributed by atoms with Gasteiger partial charge in [-0.15, -0.1) is 0 Å². The Morgan fingerprint density at radius 2 is 1.76 bits per heavy atom. The van der Waals surface area contributed by atoms with Crippen molar-refractivity contribution in [3.05, 3.63) is 65.0 Å². The van der Waals surface area contributed by atoms with Crippen molar-refractivity contribution in [3.8, 4) is 0 Å². The number of ether oxygens (including phenoxy) is 1. The molecule has 4 amide bonds. The van der Waals surface area contributed by atoms with Gasteiger partial charge in [-0.25, -0.2) is 27.7 Å². The number of anilines is 1. The van der Waals surface area contributed by atoms with Gasteiger partial charge in [0.25, 0.3) is 0 Å². The van der Waals surface area contributed by atoms with Crippen LogP contribution in [0.4, 0.5) is 28.4 Å². The van der Waals surface area contributed by atoms with Gasteiger partial charge in [-0.05, 0) is 80.2 Å². The summed E-state index contributed by atoms with van der Waals surface area (Å²) in [6.45, 7) is 4.04. The number of nitrogens with zero attached hydrogens (tertiary/aromatic N) is 2. The van der Waals surface area contributed by atoms with Crippen molar-refractivity contribution in [2.45, 2.75) is 38.1 Å². The molecule has 2 heterocycles. The monoisotopic (exact) mass is 518 g/mol. The molecular formula is C26H29F3N4O4. The van der Waals surface area contributed by atoms with Gasteiger partial charge in [0, 0.05) is 19.2 Å². The Labute approximate surface area is 212 Å². The van der Waals surface area contributed by atoms with Gasteiger partial charge in [0.15, 0.2) is 17.5 Å². The lowest BCUT2D eigenvalue weighted by molar-refractivity contribution is -0.114. The first-order valence-corrected chi connectivity index (χ1v) is 12.2. The number of halogens is 3. The molecule has 198 valence electrons. The summed E-state index contributed by atoms with van der Waals surface area (Å²) in [7, 11) is 0. The number of amides is 4. The average Bonchev–Trinajstić information content (AvgIpc) is 3.26. The van der Waals surface area contributed by atoms with Gasteiger partial charge in [-0.1, -0.05) is 12.1 Å². The highest BCUT2D eigenvalue weighted by Gasteiger charge is 2.39. The SMILES string of the molecule is CC(=O)Nc1cccc(C2CCN(CCCNC(=O)N3C(=O)OCC3c3cc(F)c(F)c(F)c3)CC2)c1. The van der Waals surface area contributed by atoms with E-state index in [0.717, 1.165) is 55.2 Å². The third-order valence-electron chi connectivity index (χ3n) is 6.68. The van der Waals surface area contributed by atoms with Gasteiger partial charge in [-0.3, -0.25) is 4.79 Å². The Bertz CT molecular complexity index is 1150. The molecule has 0 radical (unpaired) electrons. The molecule has 2 fully saturated rings. The summed E-state index contributed by atoms with van der Waals surface area (Å²) < 4.78 is 45.5. The largest absolute Gasteiger partial charge is 0.446 e. The first-order chi connectivity index (χ1) is 17.7. The number of carbonyl (C=O) groups is 3. The van der Waals surface area contributed by atoms with Crippen LogP contribution in [0.5, 0.6) is 0 Å². The predicted octanol–water partition coefficient (Wildman–Crippen LogP) is 4.53. The zero-order valence-corrected chi connectivity index (χ0v) is 20.4. The van der Waals surface area contributed by atoms with Crippen LogP contribution in [0.1, 0.15) is 49.3 Å². The minimum absolute atomic E-state index is 0.0668. The quantitative estimate of drug-likeness (QED) is 0.415. The molecule has 8 nitrogen and oxygen atoms in total. The van der Waals surface area contributed by atoms with E-state index in [-0.39, 0.29) is 18.1 Å². The Hall–Kier alpha value is -3.60. The molecule has 11 heteroatoms. The molecule has 2 N–H and O–H groups in total. The Kier molecular flexibility index (Phi) is 8.32. The fourth-order valence-electron chi connectivity index (χ4n) is 4.81. The minimum Gasteiger partial charge on any atom is -0.446 e. The Morgan fingerprint density at radius 3 is 2.43 bits per heavy atom. The lowest BCUT2D eigenvalue weighted by atomic mass is 9.89. The van der Waals surface area contributed by atoms with Crippen molar-refractivity contribution in [3.63, 3.8) is 0 Å². The lowest BCUT2D eigenvalue weighted by Gasteiger charge is -2.32. The van der Waals surface area contributed by atoms with E-state index in [4.69, 9.17) is 4.74 Å². The van der Waals surface area contributed by atoms with Crippen molar-refractivity contribution in [2.75, 3.05) is 38.1 Å². The van der Waals surface area contributed by atoms with Crippen LogP contribution in [-0.4, -0.2) is 60.6 Å². The summed E-state index contributed by atoms with van der Waals surface area (Å²) in [4.78, 5) is 39.1. The molecule has 0 aromatic heterocycles. The topological polar surface area (TPSA) is 91.0 Å². The van der Waals surface area contributed by atoms with Crippen molar-refractivity contribution in [1.29, 1.82) is 0 Å². The van der Waals surface area contributed by atoms with E-state index in [1.54, 1.807) is 0 Å². The van der Waals surface area contributed by atoms with Crippen molar-refractivity contribution in [1.82, 2.24) is 15.1 Å². The molecule has 2 aliphatic rings. The zero-order chi connectivity index (χ0) is 26.5. The van der Waals surface area contributed by atoms with Crippen LogP contribution in [0.15, 0.2) is 36.4 Å². The third kappa shape index (κ3) is 6.40. The van der Waals surface area contributed by atoms with E-state index in [1.807, 2.05) is 18.2 Å². The summed E-state index contributed by atoms with van der Waals surface area (Å²) in [5.74, 6) is -4.12. The number of hydrogen-bond donors (Lipinski definition) is 2. The standard InChI is InChI=1S/C26H29F3N4O4/c1-16(34)31-20-5-2-4-18(12-20)17-6-10-32(11-7-17)9-3-8-30-25(35)33-23(15-37-26(33)36)19-13-21(27)24(29)22(28)14-19/h2,4-5,12-14,17,23H,3,6-11,15H2,1H3,(H,30,35)(H,31,34). The van der Waals surface area contributed by atoms with Crippen LogP contribution in [0.25, 0.3) is 0 Å². The Morgan fingerprint density at radius 1 is 1.05 bits per heavy atom. The van der Waals surface area contributed by atoms with Gasteiger partial charge in [-0.2, -0.15) is 0 Å². The second kappa shape index (κ2) is 11.6. The van der Waals surface area contributed by atoms with Crippen LogP contribution in [0.2, 0.25) is 0 Å². The van der Waals surface area contributed by atoms with E-state index in [1.165, 1.54) is 12.5 Å². The molecule has 37 heavy (non-hydrogen) atoms. The molecule has 2 saturated heterocycles. The molecule has 0 saturated carbocycles. The summed E-state index contributed by atoms with van der Waals surface area (Å²) in [5.41, 5.74) is 1.93. The number of likely N-dealkylation sites (tertiary alicyclic amines) is 1. The Balaban J connectivity index is 1.23. The molecule has 2 aromatic rings. The zero-order valence-electron chi connectivity index (χ0n) is 20.4. The average molecular weight is 519 g/mol. The molecule has 0 bridgehead atoms. The van der Waals surface area contributed by atoms with Gasteiger partial charge in [0.2, 0.25) is 5.91 Å². The molecule has 4 rings (SSSR count). The summed E-state index contributed by atoms with van der Waals surface area (Å²) in [5, 5.41) is 5.47. The number of urea groups is 1. The predicted molar refractivity (Wildman–Crippen MR) is 129 cm³/mol. The van der Waals surface area contributed by atoms with Crippen LogP contribution >= 0.6 is 0 Å². The smallest absolute Gasteiger partial charge is 0.418 e. The number of piperidine rings is 1. The van der Waals surface area contributed by atoms with E-state index in [0.29, 0.717) is 18.9 Å². The molecule has 0 spiro atoms. The number of nitrogens with one attached hydrogen (secondary N) is 2. The van der Waals surface area contributed by atoms with Gasteiger partial charge in [0.1, 0.15) is 12.6 Å². The number of hydrogen-bond acceptors (Lipinski definition) is 5. The fraction of sp³-hybridized carbons (Fsp3) is 0.423. The second-order valence-electron chi connectivity index (χ2n) is 9.27. The van der Waals surface area contributed by atoms with Gasteiger partial charge in [0.05, 0.1) is 0 Å². The highest BCUT2D eigenvalue weighted by Crippen LogP contribution is 2.31. The fourth-order valence-corrected chi connectivity index (χ4v) is 4.81. The maximum Gasteiger partial charge on any atom is 0.418 e. The van der Waals surface area contributed by atoms with E-state index in [2.05, 4.69) is 21.6 Å². The minimum atomic E-state index is -1.62. The van der Waals surface area contributed by atoms with Crippen molar-refractivity contribution >= 4 is 23.7 Å². The summed E-state index contributed by atoms with van der Waals surface area (Å²) >= 11 is 0. The normalized spacial score (nSPS) is 18.5. The summed E-state index contributed by atoms with van der Waals surface area (Å²) in [6.07, 6.45) is 1.66. The van der Waals surface area contributed by atoms with Crippen LogP contribution < -0.4 is 10.6 Å². The van der Waals surface area contributed by atoms with E-state index in [9.17, 15) is 27.6 Å². The van der Waals surface area contributed by atoms with Crippen LogP contribution in [-0.2, 0) is 9.53 Å². The van der Waals surface area contributed by atoms with Crippen molar-refractivity contribution < 1.29 is 32.3 Å². The molecule has 1 unspecified atom stereocenters. The molecule has 2 aliphatic heterocycles.